The number of alkyl halides is 6. The Morgan fingerprint density at radius 2 is 1.38 bits per heavy atom. The number of rotatable bonds is 3. The molecule has 0 aromatic carbocycles. The van der Waals surface area contributed by atoms with Crippen molar-refractivity contribution >= 4 is 12.1 Å². The minimum absolute atomic E-state index is 1.09. The quantitative estimate of drug-likeness (QED) is 0.782. The van der Waals surface area contributed by atoms with Gasteiger partial charge >= 0.3 is 24.4 Å². The number of carboxylic acids is 1. The largest absolute Gasteiger partial charge is 0.480 e. The molecule has 0 aliphatic heterocycles. The number of aliphatic carboxylic acids is 1. The zero-order valence-corrected chi connectivity index (χ0v) is 11.1. The summed E-state index contributed by atoms with van der Waals surface area (Å²) in [6.45, 7) is 3.90. The van der Waals surface area contributed by atoms with E-state index < -0.39 is 42.0 Å². The van der Waals surface area contributed by atoms with Gasteiger partial charge in [0.15, 0.2) is 5.92 Å². The van der Waals surface area contributed by atoms with Crippen LogP contribution in [0.15, 0.2) is 0 Å². The highest BCUT2D eigenvalue weighted by atomic mass is 19.4. The Morgan fingerprint density at radius 1 is 1.00 bits per heavy atom. The third-order valence-corrected chi connectivity index (χ3v) is 1.98. The first kappa shape index (κ1) is 19.3. The zero-order valence-electron chi connectivity index (χ0n) is 11.1. The molecule has 0 aliphatic carbocycles. The van der Waals surface area contributed by atoms with Crippen molar-refractivity contribution in [3.05, 3.63) is 0 Å². The first-order valence-corrected chi connectivity index (χ1v) is 5.41. The fourth-order valence-corrected chi connectivity index (χ4v) is 1.29. The van der Waals surface area contributed by atoms with Crippen molar-refractivity contribution in [2.45, 2.75) is 44.8 Å². The van der Waals surface area contributed by atoms with E-state index in [4.69, 9.17) is 5.11 Å². The Labute approximate surface area is 115 Å². The number of ether oxygens (including phenoxy) is 1. The van der Waals surface area contributed by atoms with Crippen LogP contribution in [0.1, 0.15) is 20.8 Å². The smallest absolute Gasteiger partial charge is 0.408 e. The van der Waals surface area contributed by atoms with E-state index in [1.165, 1.54) is 20.8 Å². The molecule has 0 aromatic heterocycles. The van der Waals surface area contributed by atoms with Crippen molar-refractivity contribution in [3.63, 3.8) is 0 Å². The Balaban J connectivity index is 5.38. The Bertz CT molecular complexity index is 384. The monoisotopic (exact) mass is 325 g/mol. The van der Waals surface area contributed by atoms with E-state index in [9.17, 15) is 35.9 Å². The molecule has 1 atom stereocenters. The van der Waals surface area contributed by atoms with E-state index in [1.54, 1.807) is 0 Å². The van der Waals surface area contributed by atoms with Crippen molar-refractivity contribution < 1.29 is 45.8 Å². The Kier molecular flexibility index (Phi) is 5.50. The second-order valence-electron chi connectivity index (χ2n) is 5.02. The molecule has 0 heterocycles. The van der Waals surface area contributed by atoms with Crippen molar-refractivity contribution in [2.75, 3.05) is 0 Å². The molecule has 21 heavy (non-hydrogen) atoms. The molecule has 0 aromatic rings. The van der Waals surface area contributed by atoms with Gasteiger partial charge in [0, 0.05) is 0 Å². The lowest BCUT2D eigenvalue weighted by atomic mass is 9.98. The molecule has 5 nitrogen and oxygen atoms in total. The van der Waals surface area contributed by atoms with E-state index in [-0.39, 0.29) is 0 Å². The molecule has 0 bridgehead atoms. The fourth-order valence-electron chi connectivity index (χ4n) is 1.29. The summed E-state index contributed by atoms with van der Waals surface area (Å²) < 4.78 is 79.1. The number of halogens is 6. The summed E-state index contributed by atoms with van der Waals surface area (Å²) in [7, 11) is 0. The van der Waals surface area contributed by atoms with Gasteiger partial charge in [0.25, 0.3) is 0 Å². The minimum atomic E-state index is -5.91. The summed E-state index contributed by atoms with van der Waals surface area (Å²) >= 11 is 0. The standard InChI is InChI=1S/C10H13F6NO4/c1-8(2,3)21-7(20)17-4(6(18)19)5(9(11,12)13)10(14,15)16/h4-5H,1-3H3,(H,17,20)(H,18,19)/t4-/m0/s1. The molecule has 0 aliphatic rings. The number of amides is 1. The SMILES string of the molecule is CC(C)(C)OC(=O)N[C@H](C(=O)O)C(C(F)(F)F)C(F)(F)F. The van der Waals surface area contributed by atoms with Gasteiger partial charge in [0.1, 0.15) is 11.6 Å². The van der Waals surface area contributed by atoms with Crippen LogP contribution in [0.4, 0.5) is 31.1 Å². The maximum absolute atomic E-state index is 12.4. The van der Waals surface area contributed by atoms with E-state index in [2.05, 4.69) is 4.74 Å². The zero-order chi connectivity index (χ0) is 17.2. The normalized spacial score (nSPS) is 14.8. The molecule has 0 rings (SSSR count). The molecule has 1 amide bonds. The Morgan fingerprint density at radius 3 is 1.62 bits per heavy atom. The summed E-state index contributed by atoms with van der Waals surface area (Å²) in [6.07, 6.45) is -13.5. The van der Waals surface area contributed by atoms with E-state index in [0.29, 0.717) is 0 Å². The molecule has 0 saturated heterocycles. The lowest BCUT2D eigenvalue weighted by Crippen LogP contribution is -2.56. The molecular weight excluding hydrogens is 312 g/mol. The number of carbonyl (C=O) groups is 2. The van der Waals surface area contributed by atoms with Crippen molar-refractivity contribution in [3.8, 4) is 0 Å². The molecule has 0 saturated carbocycles. The van der Waals surface area contributed by atoms with Gasteiger partial charge in [-0.05, 0) is 20.8 Å². The maximum Gasteiger partial charge on any atom is 0.408 e. The molecule has 0 spiro atoms. The van der Waals surface area contributed by atoms with Gasteiger partial charge in [-0.3, -0.25) is 0 Å². The van der Waals surface area contributed by atoms with E-state index in [1.807, 2.05) is 0 Å². The average molecular weight is 325 g/mol. The highest BCUT2D eigenvalue weighted by molar-refractivity contribution is 5.80. The molecule has 0 radical (unpaired) electrons. The number of hydrogen-bond donors (Lipinski definition) is 2. The first-order chi connectivity index (χ1) is 9.05. The van der Waals surface area contributed by atoms with E-state index >= 15 is 0 Å². The summed E-state index contributed by atoms with van der Waals surface area (Å²) in [5, 5.41) is 9.63. The van der Waals surface area contributed by atoms with Gasteiger partial charge in [-0.1, -0.05) is 0 Å². The van der Waals surface area contributed by atoms with Gasteiger partial charge in [-0.2, -0.15) is 26.3 Å². The van der Waals surface area contributed by atoms with Gasteiger partial charge in [0.05, 0.1) is 0 Å². The second-order valence-corrected chi connectivity index (χ2v) is 5.02. The van der Waals surface area contributed by atoms with Gasteiger partial charge in [-0.25, -0.2) is 9.59 Å². The van der Waals surface area contributed by atoms with Crippen LogP contribution in [0.3, 0.4) is 0 Å². The van der Waals surface area contributed by atoms with Crippen molar-refractivity contribution in [1.29, 1.82) is 0 Å². The van der Waals surface area contributed by atoms with Crippen LogP contribution in [-0.4, -0.2) is 41.2 Å². The fraction of sp³-hybridized carbons (Fsp3) is 0.800. The molecule has 124 valence electrons. The number of carboxylic acid groups (broad SMARTS) is 1. The average Bonchev–Trinajstić information content (AvgIpc) is 2.07. The van der Waals surface area contributed by atoms with Gasteiger partial charge in [0.2, 0.25) is 0 Å². The third kappa shape index (κ3) is 6.54. The minimum Gasteiger partial charge on any atom is -0.480 e. The Hall–Kier alpha value is -1.68. The topological polar surface area (TPSA) is 75.6 Å². The van der Waals surface area contributed by atoms with Crippen LogP contribution in [0.5, 0.6) is 0 Å². The van der Waals surface area contributed by atoms with E-state index in [0.717, 1.165) is 5.32 Å². The lowest BCUT2D eigenvalue weighted by Gasteiger charge is -2.29. The van der Waals surface area contributed by atoms with Crippen LogP contribution >= 0.6 is 0 Å². The molecular formula is C10H13F6NO4. The van der Waals surface area contributed by atoms with Crippen LogP contribution in [-0.2, 0) is 9.53 Å². The van der Waals surface area contributed by atoms with Crippen LogP contribution in [0, 0.1) is 5.92 Å². The molecule has 2 N–H and O–H groups in total. The second kappa shape index (κ2) is 5.98. The first-order valence-electron chi connectivity index (χ1n) is 5.41. The number of nitrogens with one attached hydrogen (secondary N) is 1. The predicted octanol–water partition coefficient (Wildman–Crippen LogP) is 2.71. The van der Waals surface area contributed by atoms with Crippen molar-refractivity contribution in [1.82, 2.24) is 5.32 Å². The highest BCUT2D eigenvalue weighted by Crippen LogP contribution is 2.41. The number of carbonyl (C=O) groups excluding carboxylic acids is 1. The maximum atomic E-state index is 12.4. The summed E-state index contributed by atoms with van der Waals surface area (Å²) in [6, 6.07) is -3.25. The third-order valence-electron chi connectivity index (χ3n) is 1.98. The number of hydrogen-bond acceptors (Lipinski definition) is 3. The summed E-state index contributed by atoms with van der Waals surface area (Å²) in [5.74, 6) is -6.74. The molecule has 0 unspecified atom stereocenters. The highest BCUT2D eigenvalue weighted by Gasteiger charge is 2.62. The van der Waals surface area contributed by atoms with Crippen LogP contribution in [0.25, 0.3) is 0 Å². The van der Waals surface area contributed by atoms with Crippen LogP contribution in [0.2, 0.25) is 0 Å². The summed E-state index contributed by atoms with van der Waals surface area (Å²) in [5.41, 5.74) is -1.22. The molecule has 11 heteroatoms. The number of alkyl carbamates (subject to hydrolysis) is 1. The summed E-state index contributed by atoms with van der Waals surface area (Å²) in [4.78, 5) is 21.9. The van der Waals surface area contributed by atoms with Crippen molar-refractivity contribution in [2.24, 2.45) is 5.92 Å². The van der Waals surface area contributed by atoms with Gasteiger partial charge in [-0.15, -0.1) is 0 Å². The molecule has 0 fully saturated rings. The lowest BCUT2D eigenvalue weighted by molar-refractivity contribution is -0.290. The van der Waals surface area contributed by atoms with Gasteiger partial charge < -0.3 is 15.2 Å². The predicted molar refractivity (Wildman–Crippen MR) is 56.4 cm³/mol. The van der Waals surface area contributed by atoms with Crippen LogP contribution < -0.4 is 5.32 Å².